The molecule has 5 atom stereocenters. The summed E-state index contributed by atoms with van der Waals surface area (Å²) in [4.78, 5) is 24.5. The van der Waals surface area contributed by atoms with Crippen molar-refractivity contribution in [2.24, 2.45) is 28.2 Å². The van der Waals surface area contributed by atoms with E-state index in [9.17, 15) is 22.4 Å². The summed E-state index contributed by atoms with van der Waals surface area (Å²) in [5.41, 5.74) is 1.49. The standard InChI is InChI=1S/C33H40F4N6O2/c1-19-25-13-21(32(25,2)3)14-27(19)41-31(42-12-10-38-29(17-42)33(35,36)37)40-22-6-8-24-28(15-22)39-18-43(30(24)44)11-9-20-5-7-23(45-4)16-26(20)34/h5-8,15-16,18-19,21,25,27,29,38H,9-14,17H2,1-4H3,(H,40,41)/t19-,21+,25+,27?,29+/m0/s1. The molecule has 4 fully saturated rings. The zero-order chi connectivity index (χ0) is 32.1. The van der Waals surface area contributed by atoms with Gasteiger partial charge in [0.1, 0.15) is 17.6 Å². The van der Waals surface area contributed by atoms with Crippen LogP contribution in [0.5, 0.6) is 5.75 Å². The Bertz CT molecular complexity index is 1650. The number of hydrogen-bond acceptors (Lipinski definition) is 5. The highest BCUT2D eigenvalue weighted by molar-refractivity contribution is 5.96. The summed E-state index contributed by atoms with van der Waals surface area (Å²) in [6, 6.07) is 8.07. The van der Waals surface area contributed by atoms with Gasteiger partial charge in [-0.05, 0) is 72.3 Å². The highest BCUT2D eigenvalue weighted by Crippen LogP contribution is 2.61. The van der Waals surface area contributed by atoms with E-state index in [0.29, 0.717) is 64.6 Å². The summed E-state index contributed by atoms with van der Waals surface area (Å²) in [6.07, 6.45) is -0.559. The largest absolute Gasteiger partial charge is 0.497 e. The Balaban J connectivity index is 1.24. The van der Waals surface area contributed by atoms with E-state index in [1.54, 1.807) is 35.2 Å². The molecule has 12 heteroatoms. The van der Waals surface area contributed by atoms with Gasteiger partial charge in [0.25, 0.3) is 5.56 Å². The number of guanidine groups is 1. The number of hydrogen-bond donors (Lipinski definition) is 2. The fraction of sp³-hybridized carbons (Fsp3) is 0.545. The lowest BCUT2D eigenvalue weighted by Gasteiger charge is -2.61. The van der Waals surface area contributed by atoms with Crippen molar-refractivity contribution >= 4 is 22.5 Å². The average molecular weight is 629 g/mol. The predicted octanol–water partition coefficient (Wildman–Crippen LogP) is 5.46. The van der Waals surface area contributed by atoms with Gasteiger partial charge in [-0.15, -0.1) is 0 Å². The summed E-state index contributed by atoms with van der Waals surface area (Å²) in [5, 5.41) is 6.28. The molecule has 45 heavy (non-hydrogen) atoms. The molecule has 0 amide bonds. The summed E-state index contributed by atoms with van der Waals surface area (Å²) in [7, 11) is 1.47. The molecular weight excluding hydrogens is 588 g/mol. The minimum atomic E-state index is -4.38. The van der Waals surface area contributed by atoms with Gasteiger partial charge < -0.3 is 20.3 Å². The molecule has 3 saturated carbocycles. The van der Waals surface area contributed by atoms with Crippen LogP contribution in [0.2, 0.25) is 0 Å². The Morgan fingerprint density at radius 2 is 2.00 bits per heavy atom. The van der Waals surface area contributed by atoms with Crippen LogP contribution in [0.3, 0.4) is 0 Å². The molecule has 1 aromatic heterocycles. The fourth-order valence-corrected chi connectivity index (χ4v) is 7.43. The first kappa shape index (κ1) is 31.3. The molecule has 0 spiro atoms. The van der Waals surface area contributed by atoms with Gasteiger partial charge in [0.05, 0.1) is 30.4 Å². The summed E-state index contributed by atoms with van der Waals surface area (Å²) in [5.74, 6) is 1.82. The normalized spacial score (nSPS) is 26.4. The van der Waals surface area contributed by atoms with E-state index >= 15 is 0 Å². The van der Waals surface area contributed by atoms with Crippen LogP contribution >= 0.6 is 0 Å². The average Bonchev–Trinajstić information content (AvgIpc) is 3.01. The lowest BCUT2D eigenvalue weighted by atomic mass is 9.45. The Hall–Kier alpha value is -3.67. The molecular formula is C33H40F4N6O2. The van der Waals surface area contributed by atoms with Gasteiger partial charge in [0.2, 0.25) is 0 Å². The van der Waals surface area contributed by atoms with E-state index in [0.717, 1.165) is 6.42 Å². The maximum absolute atomic E-state index is 14.4. The number of ether oxygens (including phenoxy) is 1. The number of nitrogens with zero attached hydrogens (tertiary/aromatic N) is 4. The number of benzene rings is 2. The second-order valence-corrected chi connectivity index (χ2v) is 13.3. The highest BCUT2D eigenvalue weighted by Gasteiger charge is 2.56. The van der Waals surface area contributed by atoms with Crippen molar-refractivity contribution in [2.75, 3.05) is 32.1 Å². The lowest BCUT2D eigenvalue weighted by Crippen LogP contribution is -2.60. The van der Waals surface area contributed by atoms with Crippen LogP contribution in [0.1, 0.15) is 39.2 Å². The first-order valence-corrected chi connectivity index (χ1v) is 15.6. The molecule has 2 bridgehead atoms. The first-order valence-electron chi connectivity index (χ1n) is 15.6. The third-order valence-corrected chi connectivity index (χ3v) is 10.4. The molecule has 1 aliphatic heterocycles. The van der Waals surface area contributed by atoms with Crippen LogP contribution < -0.4 is 20.9 Å². The number of halogens is 4. The second-order valence-electron chi connectivity index (χ2n) is 13.3. The molecule has 3 aromatic rings. The zero-order valence-corrected chi connectivity index (χ0v) is 26.0. The third-order valence-electron chi connectivity index (χ3n) is 10.4. The van der Waals surface area contributed by atoms with Crippen LogP contribution in [0.4, 0.5) is 23.2 Å². The van der Waals surface area contributed by atoms with Crippen molar-refractivity contribution in [3.63, 3.8) is 0 Å². The summed E-state index contributed by atoms with van der Waals surface area (Å²) in [6.45, 7) is 7.37. The number of nitrogens with one attached hydrogen (secondary N) is 2. The Morgan fingerprint density at radius 1 is 1.20 bits per heavy atom. The zero-order valence-electron chi connectivity index (χ0n) is 26.0. The van der Waals surface area contributed by atoms with Crippen LogP contribution in [-0.2, 0) is 13.0 Å². The smallest absolute Gasteiger partial charge is 0.405 e. The van der Waals surface area contributed by atoms with Gasteiger partial charge in [0, 0.05) is 37.9 Å². The lowest BCUT2D eigenvalue weighted by molar-refractivity contribution is -0.161. The highest BCUT2D eigenvalue weighted by atomic mass is 19.4. The van der Waals surface area contributed by atoms with Gasteiger partial charge in [-0.2, -0.15) is 13.2 Å². The van der Waals surface area contributed by atoms with Crippen molar-refractivity contribution < 1.29 is 22.3 Å². The third kappa shape index (κ3) is 6.13. The van der Waals surface area contributed by atoms with Gasteiger partial charge in [-0.25, -0.2) is 14.4 Å². The van der Waals surface area contributed by atoms with Gasteiger partial charge in [0.15, 0.2) is 5.96 Å². The minimum Gasteiger partial charge on any atom is -0.497 e. The first-order chi connectivity index (χ1) is 21.3. The van der Waals surface area contributed by atoms with E-state index in [1.165, 1.54) is 30.5 Å². The second kappa shape index (κ2) is 11.9. The van der Waals surface area contributed by atoms with Crippen LogP contribution in [-0.4, -0.2) is 65.4 Å². The molecule has 242 valence electrons. The van der Waals surface area contributed by atoms with Crippen LogP contribution in [0.15, 0.2) is 52.5 Å². The van der Waals surface area contributed by atoms with Crippen LogP contribution in [0, 0.1) is 29.0 Å². The SMILES string of the molecule is COc1ccc(CCn2cnc3cc(NC(=NC4C[C@H]5C[C@H]([C@@H]4C)C5(C)C)N4CCN[C@@H](C(F)(F)F)C4)ccc3c2=O)c(F)c1. The van der Waals surface area contributed by atoms with E-state index < -0.39 is 18.0 Å². The Labute approximate surface area is 259 Å². The topological polar surface area (TPSA) is 83.8 Å². The molecule has 1 unspecified atom stereocenters. The van der Waals surface area contributed by atoms with Crippen molar-refractivity contribution in [1.29, 1.82) is 0 Å². The predicted molar refractivity (Wildman–Crippen MR) is 166 cm³/mol. The van der Waals surface area contributed by atoms with E-state index in [2.05, 4.69) is 36.4 Å². The molecule has 2 aromatic carbocycles. The number of rotatable bonds is 6. The summed E-state index contributed by atoms with van der Waals surface area (Å²) >= 11 is 0. The number of anilines is 1. The summed E-state index contributed by atoms with van der Waals surface area (Å²) < 4.78 is 62.0. The van der Waals surface area contributed by atoms with Crippen molar-refractivity contribution in [2.45, 2.75) is 64.8 Å². The van der Waals surface area contributed by atoms with Crippen molar-refractivity contribution in [1.82, 2.24) is 19.8 Å². The molecule has 7 rings (SSSR count). The van der Waals surface area contributed by atoms with Gasteiger partial charge in [-0.3, -0.25) is 9.36 Å². The molecule has 8 nitrogen and oxygen atoms in total. The molecule has 2 heterocycles. The Morgan fingerprint density at radius 3 is 2.69 bits per heavy atom. The molecule has 3 aliphatic carbocycles. The Kier molecular flexibility index (Phi) is 8.30. The fourth-order valence-electron chi connectivity index (χ4n) is 7.43. The quantitative estimate of drug-likeness (QED) is 0.214. The maximum atomic E-state index is 14.4. The number of aliphatic imine (C=N–C) groups is 1. The molecule has 0 radical (unpaired) electrons. The number of aryl methyl sites for hydroxylation is 2. The number of piperazine rings is 1. The van der Waals surface area contributed by atoms with E-state index in [-0.39, 0.29) is 36.7 Å². The number of alkyl halides is 3. The maximum Gasteiger partial charge on any atom is 0.405 e. The van der Waals surface area contributed by atoms with E-state index in [4.69, 9.17) is 9.73 Å². The van der Waals surface area contributed by atoms with Crippen LogP contribution in [0.25, 0.3) is 10.9 Å². The number of fused-ring (bicyclic) bond motifs is 3. The van der Waals surface area contributed by atoms with Crippen molar-refractivity contribution in [3.8, 4) is 5.75 Å². The monoisotopic (exact) mass is 628 g/mol. The number of methoxy groups -OCH3 is 1. The molecule has 4 aliphatic rings. The van der Waals surface area contributed by atoms with Gasteiger partial charge >= 0.3 is 6.18 Å². The number of aromatic nitrogens is 2. The minimum absolute atomic E-state index is 0.00446. The van der Waals surface area contributed by atoms with Crippen molar-refractivity contribution in [3.05, 3.63) is 64.5 Å². The van der Waals surface area contributed by atoms with Gasteiger partial charge in [-0.1, -0.05) is 26.8 Å². The molecule has 1 saturated heterocycles. The van der Waals surface area contributed by atoms with E-state index in [1.807, 2.05) is 0 Å². The molecule has 2 N–H and O–H groups in total.